The third-order valence-electron chi connectivity index (χ3n) is 8.46. The standard InChI is InChI=1S/C37H57NO4S2/c1-23(39)18-30(40)38-16-14-37(15-17-38,43-24-19-26(33(2,3)4)31(41)27(20-24)34(5,6)7)44-25-21-28(35(8,9)10)32(42)29(22-25)36(11,12)13/h19-22,30,40-42H,14-18H2,1-13H3. The summed E-state index contributed by atoms with van der Waals surface area (Å²) in [7, 11) is 0. The molecule has 3 N–H and O–H groups in total. The van der Waals surface area contributed by atoms with E-state index in [0.29, 0.717) is 24.6 Å². The molecule has 44 heavy (non-hydrogen) atoms. The van der Waals surface area contributed by atoms with Gasteiger partial charge in [0.1, 0.15) is 23.5 Å². The SMILES string of the molecule is CC(=O)CC(O)N1CCC(Sc2cc(C(C)(C)C)c(O)c(C(C)(C)C)c2)(Sc2cc(C(C)(C)C)c(O)c(C(C)(C)C)c2)CC1. The fourth-order valence-electron chi connectivity index (χ4n) is 5.82. The van der Waals surface area contributed by atoms with Crippen LogP contribution in [0.3, 0.4) is 0 Å². The molecule has 1 fully saturated rings. The van der Waals surface area contributed by atoms with Crippen LogP contribution in [0.2, 0.25) is 0 Å². The van der Waals surface area contributed by atoms with Gasteiger partial charge in [-0.2, -0.15) is 0 Å². The normalized spacial score (nSPS) is 17.5. The van der Waals surface area contributed by atoms with Crippen LogP contribution in [0.5, 0.6) is 11.5 Å². The summed E-state index contributed by atoms with van der Waals surface area (Å²) in [5.74, 6) is 0.739. The molecule has 0 spiro atoms. The van der Waals surface area contributed by atoms with E-state index in [1.807, 2.05) is 28.4 Å². The summed E-state index contributed by atoms with van der Waals surface area (Å²) in [5, 5.41) is 33.6. The van der Waals surface area contributed by atoms with Crippen molar-refractivity contribution in [2.75, 3.05) is 13.1 Å². The Bertz CT molecular complexity index is 1190. The van der Waals surface area contributed by atoms with E-state index in [4.69, 9.17) is 0 Å². The molecular formula is C37H57NO4S2. The number of benzene rings is 2. The van der Waals surface area contributed by atoms with Crippen molar-refractivity contribution >= 4 is 29.3 Å². The van der Waals surface area contributed by atoms with E-state index in [9.17, 15) is 20.1 Å². The Morgan fingerprint density at radius 3 is 1.25 bits per heavy atom. The van der Waals surface area contributed by atoms with Crippen LogP contribution in [-0.4, -0.2) is 49.4 Å². The molecule has 3 rings (SSSR count). The van der Waals surface area contributed by atoms with Crippen molar-refractivity contribution in [3.63, 3.8) is 0 Å². The van der Waals surface area contributed by atoms with Crippen LogP contribution in [0, 0.1) is 0 Å². The number of phenols is 2. The zero-order chi connectivity index (χ0) is 33.6. The van der Waals surface area contributed by atoms with Gasteiger partial charge >= 0.3 is 0 Å². The van der Waals surface area contributed by atoms with Gasteiger partial charge in [-0.15, -0.1) is 23.5 Å². The Hall–Kier alpha value is -1.67. The highest BCUT2D eigenvalue weighted by atomic mass is 32.2. The number of nitrogens with zero attached hydrogens (tertiary/aromatic N) is 1. The molecular weight excluding hydrogens is 587 g/mol. The van der Waals surface area contributed by atoms with Crippen molar-refractivity contribution < 1.29 is 20.1 Å². The second-order valence-electron chi connectivity index (χ2n) is 16.8. The topological polar surface area (TPSA) is 81.0 Å². The lowest BCUT2D eigenvalue weighted by atomic mass is 9.79. The second kappa shape index (κ2) is 12.8. The molecule has 0 radical (unpaired) electrons. The van der Waals surface area contributed by atoms with Crippen molar-refractivity contribution in [3.8, 4) is 11.5 Å². The molecule has 0 saturated carbocycles. The first-order valence-corrected chi connectivity index (χ1v) is 17.5. The van der Waals surface area contributed by atoms with Crippen LogP contribution < -0.4 is 0 Å². The largest absolute Gasteiger partial charge is 0.507 e. The van der Waals surface area contributed by atoms with Gasteiger partial charge in [0.25, 0.3) is 0 Å². The van der Waals surface area contributed by atoms with Crippen molar-refractivity contribution in [2.45, 2.75) is 151 Å². The monoisotopic (exact) mass is 643 g/mol. The van der Waals surface area contributed by atoms with E-state index in [1.54, 1.807) is 0 Å². The summed E-state index contributed by atoms with van der Waals surface area (Å²) < 4.78 is -0.269. The number of hydrogen-bond acceptors (Lipinski definition) is 7. The van der Waals surface area contributed by atoms with Crippen LogP contribution in [0.4, 0.5) is 0 Å². The van der Waals surface area contributed by atoms with Crippen molar-refractivity contribution in [2.24, 2.45) is 0 Å². The molecule has 1 aliphatic rings. The van der Waals surface area contributed by atoms with Crippen LogP contribution in [0.15, 0.2) is 34.1 Å². The lowest BCUT2D eigenvalue weighted by Gasteiger charge is -2.43. The molecule has 2 aromatic rings. The van der Waals surface area contributed by atoms with E-state index in [1.165, 1.54) is 6.92 Å². The summed E-state index contributed by atoms with van der Waals surface area (Å²) in [6.07, 6.45) is 0.953. The van der Waals surface area contributed by atoms with Gasteiger partial charge in [-0.05, 0) is 65.7 Å². The van der Waals surface area contributed by atoms with Gasteiger partial charge in [0.2, 0.25) is 0 Å². The molecule has 5 nitrogen and oxygen atoms in total. The fourth-order valence-corrected chi connectivity index (χ4v) is 8.91. The molecule has 1 unspecified atom stereocenters. The number of thioether (sulfide) groups is 2. The Morgan fingerprint density at radius 2 is 1.00 bits per heavy atom. The maximum absolute atomic E-state index is 11.8. The second-order valence-corrected chi connectivity index (χ2v) is 19.9. The van der Waals surface area contributed by atoms with Crippen LogP contribution in [0.25, 0.3) is 0 Å². The maximum atomic E-state index is 11.8. The highest BCUT2D eigenvalue weighted by molar-refractivity contribution is 8.18. The molecule has 0 amide bonds. The zero-order valence-corrected chi connectivity index (χ0v) is 31.1. The highest BCUT2D eigenvalue weighted by Gasteiger charge is 2.40. The number of phenolic OH excluding ortho intramolecular Hbond substituents is 2. The Kier molecular flexibility index (Phi) is 10.7. The minimum atomic E-state index is -0.775. The van der Waals surface area contributed by atoms with E-state index in [2.05, 4.69) is 107 Å². The minimum Gasteiger partial charge on any atom is -0.507 e. The van der Waals surface area contributed by atoms with Crippen molar-refractivity contribution in [1.82, 2.24) is 4.90 Å². The molecule has 246 valence electrons. The van der Waals surface area contributed by atoms with E-state index >= 15 is 0 Å². The van der Waals surface area contributed by atoms with Gasteiger partial charge in [0, 0.05) is 51.6 Å². The number of carbonyl (C=O) groups is 1. The number of aliphatic hydroxyl groups excluding tert-OH is 1. The van der Waals surface area contributed by atoms with Gasteiger partial charge in [0.05, 0.1) is 4.08 Å². The molecule has 0 bridgehead atoms. The zero-order valence-electron chi connectivity index (χ0n) is 29.4. The van der Waals surface area contributed by atoms with Crippen molar-refractivity contribution in [3.05, 3.63) is 46.5 Å². The number of Topliss-reactive ketones (excluding diaryl/α,β-unsaturated/α-hetero) is 1. The minimum absolute atomic E-state index is 0.0138. The smallest absolute Gasteiger partial charge is 0.133 e. The Morgan fingerprint density at radius 1 is 0.705 bits per heavy atom. The number of hydrogen-bond donors (Lipinski definition) is 3. The number of rotatable bonds is 7. The van der Waals surface area contributed by atoms with Crippen LogP contribution >= 0.6 is 23.5 Å². The van der Waals surface area contributed by atoms with E-state index in [-0.39, 0.29) is 37.9 Å². The molecule has 1 saturated heterocycles. The lowest BCUT2D eigenvalue weighted by Crippen LogP contribution is -2.46. The van der Waals surface area contributed by atoms with E-state index in [0.717, 1.165) is 44.9 Å². The average Bonchev–Trinajstić information content (AvgIpc) is 2.83. The number of aliphatic hydroxyl groups is 1. The molecule has 7 heteroatoms. The number of carbonyl (C=O) groups excluding carboxylic acids is 1. The number of aromatic hydroxyl groups is 2. The maximum Gasteiger partial charge on any atom is 0.133 e. The third-order valence-corrected chi connectivity index (χ3v) is 11.5. The quantitative estimate of drug-likeness (QED) is 0.260. The molecule has 0 aromatic heterocycles. The molecule has 1 atom stereocenters. The van der Waals surface area contributed by atoms with E-state index < -0.39 is 6.23 Å². The summed E-state index contributed by atoms with van der Waals surface area (Å²) in [6.45, 7) is 28.5. The Balaban J connectivity index is 2.17. The Labute approximate surface area is 275 Å². The van der Waals surface area contributed by atoms with Gasteiger partial charge < -0.3 is 15.3 Å². The first kappa shape index (κ1) is 36.8. The number of likely N-dealkylation sites (tertiary alicyclic amines) is 1. The number of ketones is 1. The van der Waals surface area contributed by atoms with Crippen LogP contribution in [0.1, 0.15) is 132 Å². The summed E-state index contributed by atoms with van der Waals surface area (Å²) in [4.78, 5) is 16.0. The average molecular weight is 644 g/mol. The first-order chi connectivity index (χ1) is 19.8. The summed E-state index contributed by atoms with van der Waals surface area (Å²) in [5.41, 5.74) is 2.83. The lowest BCUT2D eigenvalue weighted by molar-refractivity contribution is -0.122. The van der Waals surface area contributed by atoms with Gasteiger partial charge in [0.15, 0.2) is 0 Å². The highest BCUT2D eigenvalue weighted by Crippen LogP contribution is 2.55. The van der Waals surface area contributed by atoms with Crippen molar-refractivity contribution in [1.29, 1.82) is 0 Å². The predicted octanol–water partition coefficient (Wildman–Crippen LogP) is 9.26. The molecule has 1 heterocycles. The fraction of sp³-hybridized carbons (Fsp3) is 0.649. The summed E-state index contributed by atoms with van der Waals surface area (Å²) in [6, 6.07) is 8.64. The van der Waals surface area contributed by atoms with Gasteiger partial charge in [-0.1, -0.05) is 83.1 Å². The molecule has 2 aromatic carbocycles. The number of piperidine rings is 1. The van der Waals surface area contributed by atoms with Crippen LogP contribution in [-0.2, 0) is 26.5 Å². The predicted molar refractivity (Wildman–Crippen MR) is 188 cm³/mol. The third kappa shape index (κ3) is 8.77. The van der Waals surface area contributed by atoms with Gasteiger partial charge in [-0.3, -0.25) is 9.69 Å². The summed E-state index contributed by atoms with van der Waals surface area (Å²) >= 11 is 3.70. The molecule has 0 aliphatic carbocycles. The van der Waals surface area contributed by atoms with Gasteiger partial charge in [-0.25, -0.2) is 0 Å². The molecule has 1 aliphatic heterocycles. The first-order valence-electron chi connectivity index (χ1n) is 15.9.